The van der Waals surface area contributed by atoms with Crippen molar-refractivity contribution in [3.05, 3.63) is 71.3 Å². The number of piperazine rings is 1. The van der Waals surface area contributed by atoms with Gasteiger partial charge in [0.2, 0.25) is 5.91 Å². The van der Waals surface area contributed by atoms with Crippen LogP contribution in [0.15, 0.2) is 55.0 Å². The number of nitrogens with zero attached hydrogens (tertiary/aromatic N) is 4. The fraction of sp³-hybridized carbons (Fsp3) is 0.217. The molecule has 162 valence electrons. The van der Waals surface area contributed by atoms with Gasteiger partial charge in [0.05, 0.1) is 29.8 Å². The predicted octanol–water partition coefficient (Wildman–Crippen LogP) is 2.59. The van der Waals surface area contributed by atoms with E-state index in [4.69, 9.17) is 23.1 Å². The first-order valence-corrected chi connectivity index (χ1v) is 10.7. The molecule has 8 nitrogen and oxygen atoms in total. The number of amides is 1. The molecule has 1 fully saturated rings. The summed E-state index contributed by atoms with van der Waals surface area (Å²) in [4.78, 5) is 27.3. The Hall–Kier alpha value is -3.33. The Morgan fingerprint density at radius 3 is 2.78 bits per heavy atom. The molecule has 0 spiro atoms. The summed E-state index contributed by atoms with van der Waals surface area (Å²) in [5.41, 5.74) is 15.2. The number of aromatic nitrogens is 3. The maximum atomic E-state index is 12.2. The number of anilines is 1. The van der Waals surface area contributed by atoms with Crippen molar-refractivity contribution in [2.45, 2.75) is 12.1 Å². The first-order chi connectivity index (χ1) is 15.5. The van der Waals surface area contributed by atoms with E-state index < -0.39 is 6.04 Å². The van der Waals surface area contributed by atoms with Crippen LogP contribution in [0.25, 0.3) is 21.7 Å². The molecule has 5 N–H and O–H groups in total. The number of nitrogen functional groups attached to an aromatic ring is 1. The van der Waals surface area contributed by atoms with Crippen molar-refractivity contribution < 1.29 is 4.79 Å². The van der Waals surface area contributed by atoms with E-state index in [2.05, 4.69) is 25.2 Å². The molecule has 9 heteroatoms. The van der Waals surface area contributed by atoms with Crippen LogP contribution in [-0.4, -0.2) is 45.4 Å². The quantitative estimate of drug-likeness (QED) is 0.439. The number of fused-ring (bicyclic) bond motifs is 2. The lowest BCUT2D eigenvalue weighted by molar-refractivity contribution is -0.125. The van der Waals surface area contributed by atoms with Crippen LogP contribution in [0.4, 0.5) is 5.82 Å². The minimum Gasteiger partial charge on any atom is -0.383 e. The summed E-state index contributed by atoms with van der Waals surface area (Å²) < 4.78 is 0. The largest absolute Gasteiger partial charge is 0.383 e. The van der Waals surface area contributed by atoms with Crippen LogP contribution in [0.2, 0.25) is 5.02 Å². The van der Waals surface area contributed by atoms with E-state index in [1.807, 2.05) is 42.5 Å². The first-order valence-electron chi connectivity index (χ1n) is 10.3. The normalized spacial score (nSPS) is 16.8. The molecule has 1 aliphatic heterocycles. The molecule has 0 bridgehead atoms. The number of rotatable bonds is 4. The molecular weight excluding hydrogens is 426 g/mol. The third-order valence-electron chi connectivity index (χ3n) is 5.88. The number of pyridine rings is 1. The molecule has 4 aromatic rings. The van der Waals surface area contributed by atoms with Gasteiger partial charge in [-0.15, -0.1) is 0 Å². The Bertz CT molecular complexity index is 1330. The summed E-state index contributed by atoms with van der Waals surface area (Å²) in [5, 5.41) is 6.26. The fourth-order valence-corrected chi connectivity index (χ4v) is 4.47. The van der Waals surface area contributed by atoms with Crippen molar-refractivity contribution in [3.63, 3.8) is 0 Å². The standard InChI is InChI=1S/C23H22ClN7O/c24-16-3-1-13-8-19(28-10-15(13)7-16)21(25)22(31-6-5-27-20(32)11-31)14-2-4-17-18(9-14)29-12-30-23(17)26/h1-4,7-10,12,21-22H,5-6,11,25H2,(H,27,32)(H2,26,29,30). The van der Waals surface area contributed by atoms with Crippen LogP contribution in [0.3, 0.4) is 0 Å². The molecule has 1 saturated heterocycles. The fourth-order valence-electron chi connectivity index (χ4n) is 4.29. The average Bonchev–Trinajstić information content (AvgIpc) is 2.79. The number of carbonyl (C=O) groups is 1. The molecule has 3 heterocycles. The van der Waals surface area contributed by atoms with Gasteiger partial charge in [0, 0.05) is 35.1 Å². The van der Waals surface area contributed by atoms with Crippen molar-refractivity contribution in [2.24, 2.45) is 5.73 Å². The maximum Gasteiger partial charge on any atom is 0.234 e. The second-order valence-electron chi connectivity index (χ2n) is 7.93. The van der Waals surface area contributed by atoms with Gasteiger partial charge in [-0.05, 0) is 41.3 Å². The second kappa shape index (κ2) is 8.31. The monoisotopic (exact) mass is 447 g/mol. The Morgan fingerprint density at radius 1 is 1.06 bits per heavy atom. The number of hydrogen-bond donors (Lipinski definition) is 3. The van der Waals surface area contributed by atoms with Gasteiger partial charge in [0.25, 0.3) is 0 Å². The molecule has 32 heavy (non-hydrogen) atoms. The van der Waals surface area contributed by atoms with E-state index >= 15 is 0 Å². The van der Waals surface area contributed by atoms with Crippen LogP contribution >= 0.6 is 11.6 Å². The molecule has 2 unspecified atom stereocenters. The van der Waals surface area contributed by atoms with Gasteiger partial charge in [-0.1, -0.05) is 23.7 Å². The van der Waals surface area contributed by atoms with Crippen molar-refractivity contribution >= 4 is 45.0 Å². The Balaban J connectivity index is 1.59. The highest BCUT2D eigenvalue weighted by molar-refractivity contribution is 6.31. The second-order valence-corrected chi connectivity index (χ2v) is 8.36. The average molecular weight is 448 g/mol. The van der Waals surface area contributed by atoms with Gasteiger partial charge in [-0.2, -0.15) is 0 Å². The Labute approximate surface area is 189 Å². The van der Waals surface area contributed by atoms with Crippen LogP contribution in [0.1, 0.15) is 23.3 Å². The highest BCUT2D eigenvalue weighted by atomic mass is 35.5. The van der Waals surface area contributed by atoms with E-state index in [9.17, 15) is 4.79 Å². The number of nitrogens with two attached hydrogens (primary N) is 2. The van der Waals surface area contributed by atoms with Gasteiger partial charge < -0.3 is 16.8 Å². The van der Waals surface area contributed by atoms with E-state index in [0.717, 1.165) is 32.9 Å². The molecule has 2 aromatic carbocycles. The highest BCUT2D eigenvalue weighted by Gasteiger charge is 2.32. The Morgan fingerprint density at radius 2 is 1.94 bits per heavy atom. The lowest BCUT2D eigenvalue weighted by atomic mass is 9.93. The number of carbonyl (C=O) groups excluding carboxylic acids is 1. The van der Waals surface area contributed by atoms with Crippen LogP contribution in [0, 0.1) is 0 Å². The zero-order chi connectivity index (χ0) is 22.2. The van der Waals surface area contributed by atoms with Gasteiger partial charge in [-0.25, -0.2) is 9.97 Å². The van der Waals surface area contributed by atoms with E-state index in [0.29, 0.717) is 23.9 Å². The smallest absolute Gasteiger partial charge is 0.234 e. The molecule has 0 aliphatic carbocycles. The van der Waals surface area contributed by atoms with E-state index in [1.54, 1.807) is 6.20 Å². The van der Waals surface area contributed by atoms with Crippen LogP contribution in [0.5, 0.6) is 0 Å². The molecule has 0 radical (unpaired) electrons. The first kappa shape index (κ1) is 20.6. The SMILES string of the molecule is Nc1ncnc2cc(C(C(N)c3cc4ccc(Cl)cc4cn3)N3CCNC(=O)C3)ccc12. The van der Waals surface area contributed by atoms with Crippen molar-refractivity contribution in [1.82, 2.24) is 25.2 Å². The van der Waals surface area contributed by atoms with Crippen molar-refractivity contribution in [1.29, 1.82) is 0 Å². The predicted molar refractivity (Wildman–Crippen MR) is 125 cm³/mol. The topological polar surface area (TPSA) is 123 Å². The van der Waals surface area contributed by atoms with Gasteiger partial charge in [0.1, 0.15) is 12.1 Å². The number of halogens is 1. The van der Waals surface area contributed by atoms with Gasteiger partial charge >= 0.3 is 0 Å². The molecule has 2 atom stereocenters. The van der Waals surface area contributed by atoms with Crippen molar-refractivity contribution in [2.75, 3.05) is 25.4 Å². The van der Waals surface area contributed by atoms with E-state index in [-0.39, 0.29) is 18.5 Å². The molecule has 1 amide bonds. The zero-order valence-electron chi connectivity index (χ0n) is 17.2. The number of nitrogens with one attached hydrogen (secondary N) is 1. The van der Waals surface area contributed by atoms with Gasteiger partial charge in [0.15, 0.2) is 0 Å². The summed E-state index contributed by atoms with van der Waals surface area (Å²) in [7, 11) is 0. The van der Waals surface area contributed by atoms with Gasteiger partial charge in [-0.3, -0.25) is 14.7 Å². The lowest BCUT2D eigenvalue weighted by Crippen LogP contribution is -2.50. The summed E-state index contributed by atoms with van der Waals surface area (Å²) in [5.74, 6) is 0.400. The lowest BCUT2D eigenvalue weighted by Gasteiger charge is -2.37. The van der Waals surface area contributed by atoms with E-state index in [1.165, 1.54) is 6.33 Å². The highest BCUT2D eigenvalue weighted by Crippen LogP contribution is 2.35. The summed E-state index contributed by atoms with van der Waals surface area (Å²) in [6.45, 7) is 1.50. The maximum absolute atomic E-state index is 12.2. The van der Waals surface area contributed by atoms with Crippen LogP contribution in [-0.2, 0) is 4.79 Å². The number of benzene rings is 2. The minimum absolute atomic E-state index is 0.0260. The van der Waals surface area contributed by atoms with Crippen molar-refractivity contribution in [3.8, 4) is 0 Å². The molecule has 0 saturated carbocycles. The summed E-state index contributed by atoms with van der Waals surface area (Å²) in [6, 6.07) is 12.7. The molecular formula is C23H22ClN7O. The molecule has 2 aromatic heterocycles. The zero-order valence-corrected chi connectivity index (χ0v) is 18.0. The molecule has 5 rings (SSSR count). The third kappa shape index (κ3) is 3.84. The number of hydrogen-bond acceptors (Lipinski definition) is 7. The molecule has 1 aliphatic rings. The summed E-state index contributed by atoms with van der Waals surface area (Å²) in [6.07, 6.45) is 3.23. The summed E-state index contributed by atoms with van der Waals surface area (Å²) >= 11 is 6.11. The third-order valence-corrected chi connectivity index (χ3v) is 6.12. The Kier molecular flexibility index (Phi) is 5.34. The minimum atomic E-state index is -0.474. The van der Waals surface area contributed by atoms with Crippen LogP contribution < -0.4 is 16.8 Å².